The van der Waals surface area contributed by atoms with Gasteiger partial charge >= 0.3 is 5.97 Å². The van der Waals surface area contributed by atoms with Crippen LogP contribution in [0, 0.1) is 0 Å². The summed E-state index contributed by atoms with van der Waals surface area (Å²) in [6.45, 7) is 2.75. The van der Waals surface area contributed by atoms with Crippen molar-refractivity contribution < 1.29 is 14.6 Å². The number of ether oxygens (including phenoxy) is 1. The molecule has 0 amide bonds. The molecule has 0 aliphatic carbocycles. The summed E-state index contributed by atoms with van der Waals surface area (Å²) in [4.78, 5) is 14.7. The van der Waals surface area contributed by atoms with Crippen LogP contribution in [-0.2, 0) is 4.74 Å². The van der Waals surface area contributed by atoms with Crippen LogP contribution >= 0.6 is 11.3 Å². The molecule has 2 unspecified atom stereocenters. The van der Waals surface area contributed by atoms with Crippen LogP contribution in [0.1, 0.15) is 30.3 Å². The second-order valence-electron chi connectivity index (χ2n) is 3.88. The minimum atomic E-state index is -0.983. The predicted octanol–water partition coefficient (Wildman–Crippen LogP) is 1.82. The molecule has 6 heteroatoms. The van der Waals surface area contributed by atoms with E-state index in [0.29, 0.717) is 5.00 Å². The highest BCUT2D eigenvalue weighted by Gasteiger charge is 2.22. The Kier molecular flexibility index (Phi) is 3.40. The molecule has 1 aliphatic heterocycles. The molecule has 88 valence electrons. The molecule has 5 nitrogen and oxygen atoms in total. The van der Waals surface area contributed by atoms with E-state index in [9.17, 15) is 4.79 Å². The summed E-state index contributed by atoms with van der Waals surface area (Å²) in [5.41, 5.74) is 1.67. The van der Waals surface area contributed by atoms with Gasteiger partial charge in [0.15, 0.2) is 5.69 Å². The summed E-state index contributed by atoms with van der Waals surface area (Å²) in [7, 11) is 0. The van der Waals surface area contributed by atoms with Crippen molar-refractivity contribution in [2.75, 3.05) is 11.9 Å². The molecule has 0 radical (unpaired) electrons. The molecule has 2 heterocycles. The number of hydrogen-bond acceptors (Lipinski definition) is 5. The highest BCUT2D eigenvalue weighted by atomic mass is 32.1. The van der Waals surface area contributed by atoms with Crippen molar-refractivity contribution in [2.24, 2.45) is 0 Å². The van der Waals surface area contributed by atoms with E-state index >= 15 is 0 Å². The number of carbonyl (C=O) groups is 1. The molecule has 0 spiro atoms. The van der Waals surface area contributed by atoms with Crippen molar-refractivity contribution in [2.45, 2.75) is 31.9 Å². The van der Waals surface area contributed by atoms with Gasteiger partial charge in [0.2, 0.25) is 0 Å². The fourth-order valence-corrected chi connectivity index (χ4v) is 2.57. The van der Waals surface area contributed by atoms with Crippen LogP contribution in [0.5, 0.6) is 0 Å². The lowest BCUT2D eigenvalue weighted by Crippen LogP contribution is -2.32. The van der Waals surface area contributed by atoms with E-state index in [4.69, 9.17) is 9.84 Å². The van der Waals surface area contributed by atoms with Crippen molar-refractivity contribution in [1.29, 1.82) is 0 Å². The van der Waals surface area contributed by atoms with Crippen LogP contribution in [0.4, 0.5) is 5.00 Å². The molecule has 1 aromatic rings. The number of thiazole rings is 1. The Labute approximate surface area is 97.5 Å². The third kappa shape index (κ3) is 2.51. The summed E-state index contributed by atoms with van der Waals surface area (Å²) in [5, 5.41) is 12.8. The molecule has 2 rings (SSSR count). The maximum atomic E-state index is 10.9. The summed E-state index contributed by atoms with van der Waals surface area (Å²) < 4.78 is 5.44. The number of nitrogens with zero attached hydrogens (tertiary/aromatic N) is 1. The first-order valence-electron chi connectivity index (χ1n) is 5.21. The Morgan fingerprint density at radius 2 is 2.56 bits per heavy atom. The van der Waals surface area contributed by atoms with Gasteiger partial charge in [-0.15, -0.1) is 11.3 Å². The third-order valence-electron chi connectivity index (χ3n) is 2.59. The van der Waals surface area contributed by atoms with Crippen molar-refractivity contribution in [3.05, 3.63) is 11.2 Å². The van der Waals surface area contributed by atoms with E-state index < -0.39 is 5.97 Å². The fourth-order valence-electron chi connectivity index (χ4n) is 1.82. The monoisotopic (exact) mass is 242 g/mol. The van der Waals surface area contributed by atoms with Gasteiger partial charge in [-0.2, -0.15) is 0 Å². The van der Waals surface area contributed by atoms with Crippen molar-refractivity contribution in [3.63, 3.8) is 0 Å². The van der Waals surface area contributed by atoms with Crippen molar-refractivity contribution in [3.8, 4) is 0 Å². The van der Waals surface area contributed by atoms with Gasteiger partial charge < -0.3 is 15.2 Å². The molecule has 1 saturated heterocycles. The van der Waals surface area contributed by atoms with Gasteiger partial charge in [-0.3, -0.25) is 0 Å². The largest absolute Gasteiger partial charge is 0.476 e. The summed E-state index contributed by atoms with van der Waals surface area (Å²) in [6.07, 6.45) is 2.03. The number of aromatic carboxylic acids is 1. The molecule has 16 heavy (non-hydrogen) atoms. The van der Waals surface area contributed by atoms with Crippen LogP contribution < -0.4 is 5.32 Å². The second kappa shape index (κ2) is 4.80. The lowest BCUT2D eigenvalue weighted by molar-refractivity contribution is 0.0232. The number of hydrogen-bond donors (Lipinski definition) is 2. The Morgan fingerprint density at radius 1 is 1.75 bits per heavy atom. The Morgan fingerprint density at radius 3 is 3.25 bits per heavy atom. The average molecular weight is 242 g/mol. The van der Waals surface area contributed by atoms with Gasteiger partial charge in [-0.05, 0) is 19.8 Å². The average Bonchev–Trinajstić information content (AvgIpc) is 2.66. The molecule has 2 atom stereocenters. The number of anilines is 1. The molecule has 0 saturated carbocycles. The number of rotatable bonds is 3. The minimum Gasteiger partial charge on any atom is -0.476 e. The van der Waals surface area contributed by atoms with E-state index in [1.54, 1.807) is 5.51 Å². The Balaban J connectivity index is 2.02. The first kappa shape index (κ1) is 11.3. The van der Waals surface area contributed by atoms with E-state index in [-0.39, 0.29) is 17.8 Å². The zero-order chi connectivity index (χ0) is 11.5. The normalized spacial score (nSPS) is 25.3. The zero-order valence-corrected chi connectivity index (χ0v) is 9.79. The standard InChI is InChI=1S/C10H14N2O3S/c1-6-4-7(2-3-15-6)12-9-8(10(13)14)11-5-16-9/h5-7,12H,2-4H2,1H3,(H,13,14). The van der Waals surface area contributed by atoms with Gasteiger partial charge in [-0.25, -0.2) is 9.78 Å². The molecule has 1 aliphatic rings. The number of carboxylic acid groups (broad SMARTS) is 1. The third-order valence-corrected chi connectivity index (χ3v) is 3.35. The summed E-state index contributed by atoms with van der Waals surface area (Å²) >= 11 is 1.33. The topological polar surface area (TPSA) is 71.5 Å². The zero-order valence-electron chi connectivity index (χ0n) is 8.97. The number of carboxylic acids is 1. The van der Waals surface area contributed by atoms with E-state index in [2.05, 4.69) is 10.3 Å². The highest BCUT2D eigenvalue weighted by Crippen LogP contribution is 2.24. The number of nitrogens with one attached hydrogen (secondary N) is 1. The van der Waals surface area contributed by atoms with Gasteiger partial charge in [0.25, 0.3) is 0 Å². The van der Waals surface area contributed by atoms with Crippen molar-refractivity contribution in [1.82, 2.24) is 4.98 Å². The SMILES string of the molecule is CC1CC(Nc2scnc2C(=O)O)CCO1. The van der Waals surface area contributed by atoms with Gasteiger partial charge in [0.1, 0.15) is 5.00 Å². The summed E-state index contributed by atoms with van der Waals surface area (Å²) in [6, 6.07) is 0.280. The molecular formula is C10H14N2O3S. The molecule has 1 fully saturated rings. The maximum Gasteiger partial charge on any atom is 0.357 e. The molecule has 0 bridgehead atoms. The van der Waals surface area contributed by atoms with Crippen LogP contribution in [-0.4, -0.2) is 34.8 Å². The van der Waals surface area contributed by atoms with Crippen molar-refractivity contribution >= 4 is 22.3 Å². The molecule has 1 aromatic heterocycles. The van der Waals surface area contributed by atoms with E-state index in [1.165, 1.54) is 11.3 Å². The van der Waals surface area contributed by atoms with Gasteiger partial charge in [-0.1, -0.05) is 0 Å². The second-order valence-corrected chi connectivity index (χ2v) is 4.74. The smallest absolute Gasteiger partial charge is 0.357 e. The van der Waals surface area contributed by atoms with Crippen LogP contribution in [0.3, 0.4) is 0 Å². The molecule has 2 N–H and O–H groups in total. The van der Waals surface area contributed by atoms with E-state index in [0.717, 1.165) is 19.4 Å². The maximum absolute atomic E-state index is 10.9. The quantitative estimate of drug-likeness (QED) is 0.846. The molecular weight excluding hydrogens is 228 g/mol. The Bertz CT molecular complexity index is 380. The minimum absolute atomic E-state index is 0.115. The molecule has 0 aromatic carbocycles. The highest BCUT2D eigenvalue weighted by molar-refractivity contribution is 7.14. The van der Waals surface area contributed by atoms with E-state index in [1.807, 2.05) is 6.92 Å². The van der Waals surface area contributed by atoms with Crippen LogP contribution in [0.2, 0.25) is 0 Å². The Hall–Kier alpha value is -1.14. The van der Waals surface area contributed by atoms with Gasteiger partial charge in [0.05, 0.1) is 11.6 Å². The first-order chi connectivity index (χ1) is 7.66. The lowest BCUT2D eigenvalue weighted by Gasteiger charge is -2.28. The predicted molar refractivity (Wildman–Crippen MR) is 61.1 cm³/mol. The number of aromatic nitrogens is 1. The summed E-state index contributed by atoms with van der Waals surface area (Å²) in [5.74, 6) is -0.983. The lowest BCUT2D eigenvalue weighted by atomic mass is 10.0. The van der Waals surface area contributed by atoms with Crippen LogP contribution in [0.15, 0.2) is 5.51 Å². The fraction of sp³-hybridized carbons (Fsp3) is 0.600. The first-order valence-corrected chi connectivity index (χ1v) is 6.09. The van der Waals surface area contributed by atoms with Crippen LogP contribution in [0.25, 0.3) is 0 Å². The van der Waals surface area contributed by atoms with Gasteiger partial charge in [0, 0.05) is 12.6 Å².